The molecule has 0 aliphatic carbocycles. The molecule has 0 N–H and O–H groups in total. The van der Waals surface area contributed by atoms with E-state index in [-0.39, 0.29) is 5.82 Å². The fraction of sp³-hybridized carbons (Fsp3) is 0.0714. The molecular formula is C14H10BrFN2O. The van der Waals surface area contributed by atoms with Gasteiger partial charge in [0.05, 0.1) is 18.4 Å². The van der Waals surface area contributed by atoms with E-state index in [9.17, 15) is 4.39 Å². The van der Waals surface area contributed by atoms with Crippen molar-refractivity contribution < 1.29 is 9.13 Å². The van der Waals surface area contributed by atoms with Gasteiger partial charge in [-0.2, -0.15) is 0 Å². The van der Waals surface area contributed by atoms with Crippen LogP contribution in [0.25, 0.3) is 16.9 Å². The van der Waals surface area contributed by atoms with Gasteiger partial charge in [0.2, 0.25) is 0 Å². The Balaban J connectivity index is 2.24. The molecular weight excluding hydrogens is 311 g/mol. The number of pyridine rings is 1. The Labute approximate surface area is 117 Å². The summed E-state index contributed by atoms with van der Waals surface area (Å²) in [6.45, 7) is 0. The highest BCUT2D eigenvalue weighted by Crippen LogP contribution is 2.32. The summed E-state index contributed by atoms with van der Waals surface area (Å²) >= 11 is 3.39. The second-order valence-corrected chi connectivity index (χ2v) is 4.97. The molecule has 5 heteroatoms. The number of ether oxygens (including phenoxy) is 1. The van der Waals surface area contributed by atoms with Crippen molar-refractivity contribution in [3.05, 3.63) is 53.0 Å². The molecule has 0 aliphatic heterocycles. The van der Waals surface area contributed by atoms with Gasteiger partial charge in [0.25, 0.3) is 0 Å². The van der Waals surface area contributed by atoms with Crippen LogP contribution >= 0.6 is 15.9 Å². The first-order valence-electron chi connectivity index (χ1n) is 5.66. The Bertz CT molecular complexity index is 754. The van der Waals surface area contributed by atoms with Gasteiger partial charge in [-0.25, -0.2) is 9.37 Å². The number of nitrogens with zero attached hydrogens (tertiary/aromatic N) is 2. The molecule has 0 atom stereocenters. The Morgan fingerprint density at radius 3 is 2.84 bits per heavy atom. The number of rotatable bonds is 2. The van der Waals surface area contributed by atoms with Gasteiger partial charge in [-0.05, 0) is 40.2 Å². The highest BCUT2D eigenvalue weighted by atomic mass is 79.9. The van der Waals surface area contributed by atoms with E-state index in [1.165, 1.54) is 13.2 Å². The summed E-state index contributed by atoms with van der Waals surface area (Å²) in [5, 5.41) is 0. The van der Waals surface area contributed by atoms with Crippen molar-refractivity contribution in [1.29, 1.82) is 0 Å². The minimum absolute atomic E-state index is 0.346. The molecule has 0 amide bonds. The highest BCUT2D eigenvalue weighted by molar-refractivity contribution is 9.10. The predicted octanol–water partition coefficient (Wildman–Crippen LogP) is 3.91. The van der Waals surface area contributed by atoms with Crippen LogP contribution in [0.1, 0.15) is 0 Å². The lowest BCUT2D eigenvalue weighted by Gasteiger charge is -2.06. The van der Waals surface area contributed by atoms with Gasteiger partial charge in [0, 0.05) is 16.9 Å². The molecule has 0 saturated carbocycles. The van der Waals surface area contributed by atoms with Gasteiger partial charge in [0.15, 0.2) is 0 Å². The van der Waals surface area contributed by atoms with E-state index in [4.69, 9.17) is 4.74 Å². The smallest absolute Gasteiger partial charge is 0.137 e. The molecule has 3 aromatic rings. The third kappa shape index (κ3) is 2.10. The standard InChI is InChI=1S/C14H10BrFN2O/c1-19-12-4-2-3-10(16)14(12)11-8-18-7-9(15)5-6-13(18)17-11/h2-8H,1H3. The number of imidazole rings is 1. The summed E-state index contributed by atoms with van der Waals surface area (Å²) in [6, 6.07) is 8.49. The van der Waals surface area contributed by atoms with Crippen molar-refractivity contribution in [2.24, 2.45) is 0 Å². The Kier molecular flexibility index (Phi) is 2.98. The fourth-order valence-corrected chi connectivity index (χ4v) is 2.36. The number of aromatic nitrogens is 2. The zero-order valence-electron chi connectivity index (χ0n) is 10.1. The van der Waals surface area contributed by atoms with E-state index in [1.807, 2.05) is 22.7 Å². The third-order valence-electron chi connectivity index (χ3n) is 2.87. The summed E-state index contributed by atoms with van der Waals surface area (Å²) in [7, 11) is 1.52. The highest BCUT2D eigenvalue weighted by Gasteiger charge is 2.14. The maximum Gasteiger partial charge on any atom is 0.137 e. The van der Waals surface area contributed by atoms with Crippen molar-refractivity contribution in [3.63, 3.8) is 0 Å². The van der Waals surface area contributed by atoms with Crippen LogP contribution in [-0.2, 0) is 0 Å². The average Bonchev–Trinajstić information content (AvgIpc) is 2.80. The molecule has 2 aromatic heterocycles. The predicted molar refractivity (Wildman–Crippen MR) is 74.8 cm³/mol. The van der Waals surface area contributed by atoms with E-state index < -0.39 is 0 Å². The molecule has 0 saturated heterocycles. The molecule has 0 spiro atoms. The number of halogens is 2. The van der Waals surface area contributed by atoms with Crippen molar-refractivity contribution in [2.75, 3.05) is 7.11 Å². The van der Waals surface area contributed by atoms with Gasteiger partial charge in [-0.15, -0.1) is 0 Å². The molecule has 0 bridgehead atoms. The Morgan fingerprint density at radius 2 is 2.05 bits per heavy atom. The summed E-state index contributed by atoms with van der Waals surface area (Å²) in [5.74, 6) is 0.129. The van der Waals surface area contributed by atoms with Crippen LogP contribution in [0.4, 0.5) is 4.39 Å². The van der Waals surface area contributed by atoms with E-state index >= 15 is 0 Å². The molecule has 3 nitrogen and oxygen atoms in total. The molecule has 2 heterocycles. The van der Waals surface area contributed by atoms with Crippen LogP contribution in [0.5, 0.6) is 5.75 Å². The molecule has 96 valence electrons. The van der Waals surface area contributed by atoms with Crippen molar-refractivity contribution in [2.45, 2.75) is 0 Å². The van der Waals surface area contributed by atoms with Crippen molar-refractivity contribution in [3.8, 4) is 17.0 Å². The second-order valence-electron chi connectivity index (χ2n) is 4.06. The minimum Gasteiger partial charge on any atom is -0.496 e. The summed E-state index contributed by atoms with van der Waals surface area (Å²) in [5.41, 5.74) is 1.68. The Hall–Kier alpha value is -1.88. The molecule has 19 heavy (non-hydrogen) atoms. The molecule has 0 unspecified atom stereocenters. The monoisotopic (exact) mass is 320 g/mol. The maximum atomic E-state index is 14.0. The van der Waals surface area contributed by atoms with Crippen LogP contribution in [-0.4, -0.2) is 16.5 Å². The average molecular weight is 321 g/mol. The van der Waals surface area contributed by atoms with Gasteiger partial charge in [-0.1, -0.05) is 6.07 Å². The lowest BCUT2D eigenvalue weighted by atomic mass is 10.1. The van der Waals surface area contributed by atoms with Crippen LogP contribution in [0.3, 0.4) is 0 Å². The second kappa shape index (κ2) is 4.66. The van der Waals surface area contributed by atoms with Crippen molar-refractivity contribution in [1.82, 2.24) is 9.38 Å². The first kappa shape index (κ1) is 12.2. The number of methoxy groups -OCH3 is 1. The molecule has 0 aliphatic rings. The first-order chi connectivity index (χ1) is 9.19. The van der Waals surface area contributed by atoms with Crippen molar-refractivity contribution >= 4 is 21.6 Å². The first-order valence-corrected chi connectivity index (χ1v) is 6.45. The van der Waals surface area contributed by atoms with E-state index in [0.29, 0.717) is 17.0 Å². The maximum absolute atomic E-state index is 14.0. The van der Waals surface area contributed by atoms with E-state index in [1.54, 1.807) is 18.3 Å². The number of benzene rings is 1. The minimum atomic E-state index is -0.346. The number of hydrogen-bond donors (Lipinski definition) is 0. The third-order valence-corrected chi connectivity index (χ3v) is 3.34. The normalized spacial score (nSPS) is 10.9. The van der Waals surface area contributed by atoms with Crippen LogP contribution < -0.4 is 4.74 Å². The van der Waals surface area contributed by atoms with Gasteiger partial charge >= 0.3 is 0 Å². The summed E-state index contributed by atoms with van der Waals surface area (Å²) in [6.07, 6.45) is 3.65. The molecule has 0 fully saturated rings. The summed E-state index contributed by atoms with van der Waals surface area (Å²) < 4.78 is 22.0. The molecule has 0 radical (unpaired) electrons. The zero-order chi connectivity index (χ0) is 13.4. The van der Waals surface area contributed by atoms with E-state index in [2.05, 4.69) is 20.9 Å². The Morgan fingerprint density at radius 1 is 1.21 bits per heavy atom. The van der Waals surface area contributed by atoms with Crippen LogP contribution in [0.2, 0.25) is 0 Å². The lowest BCUT2D eigenvalue weighted by molar-refractivity contribution is 0.413. The summed E-state index contributed by atoms with van der Waals surface area (Å²) in [4.78, 5) is 4.42. The zero-order valence-corrected chi connectivity index (χ0v) is 11.7. The lowest BCUT2D eigenvalue weighted by Crippen LogP contribution is -1.91. The topological polar surface area (TPSA) is 26.5 Å². The molecule has 3 rings (SSSR count). The van der Waals surface area contributed by atoms with Crippen LogP contribution in [0.15, 0.2) is 47.2 Å². The molecule has 1 aromatic carbocycles. The number of hydrogen-bond acceptors (Lipinski definition) is 2. The largest absolute Gasteiger partial charge is 0.496 e. The van der Waals surface area contributed by atoms with E-state index in [0.717, 1.165) is 10.1 Å². The fourth-order valence-electron chi connectivity index (χ4n) is 2.01. The van der Waals surface area contributed by atoms with Gasteiger partial charge in [0.1, 0.15) is 17.2 Å². The van der Waals surface area contributed by atoms with Gasteiger partial charge < -0.3 is 9.14 Å². The quantitative estimate of drug-likeness (QED) is 0.715. The SMILES string of the molecule is COc1cccc(F)c1-c1cn2cc(Br)ccc2n1. The van der Waals surface area contributed by atoms with Gasteiger partial charge in [-0.3, -0.25) is 0 Å². The van der Waals surface area contributed by atoms with Crippen LogP contribution in [0, 0.1) is 5.82 Å². The number of fused-ring (bicyclic) bond motifs is 1.